The number of aryl methyl sites for hydroxylation is 1. The molecule has 0 saturated carbocycles. The molecular weight excluding hydrogens is 208 g/mol. The van der Waals surface area contributed by atoms with E-state index in [1.165, 1.54) is 22.3 Å². The smallest absolute Gasteiger partial charge is 0.123 e. The average molecular weight is 224 g/mol. The molecule has 2 aromatic carbocycles. The molecule has 0 N–H and O–H groups in total. The van der Waals surface area contributed by atoms with Gasteiger partial charge in [0, 0.05) is 12.0 Å². The number of fused-ring (bicyclic) bond motifs is 1. The van der Waals surface area contributed by atoms with Crippen LogP contribution in [0.2, 0.25) is 0 Å². The van der Waals surface area contributed by atoms with Crippen LogP contribution in [0.1, 0.15) is 18.1 Å². The summed E-state index contributed by atoms with van der Waals surface area (Å²) in [5, 5.41) is 0. The summed E-state index contributed by atoms with van der Waals surface area (Å²) < 4.78 is 5.81. The molecule has 0 radical (unpaired) electrons. The second-order valence-corrected chi connectivity index (χ2v) is 4.73. The van der Waals surface area contributed by atoms with Crippen molar-refractivity contribution in [2.75, 3.05) is 0 Å². The topological polar surface area (TPSA) is 9.23 Å². The highest BCUT2D eigenvalue weighted by Crippen LogP contribution is 2.37. The van der Waals surface area contributed by atoms with Gasteiger partial charge >= 0.3 is 0 Å². The first-order chi connectivity index (χ1) is 8.25. The van der Waals surface area contributed by atoms with Crippen molar-refractivity contribution in [3.05, 3.63) is 53.6 Å². The van der Waals surface area contributed by atoms with Crippen molar-refractivity contribution in [2.24, 2.45) is 0 Å². The van der Waals surface area contributed by atoms with Crippen LogP contribution in [0.3, 0.4) is 0 Å². The highest BCUT2D eigenvalue weighted by Gasteiger charge is 2.22. The van der Waals surface area contributed by atoms with E-state index in [0.29, 0.717) is 6.10 Å². The lowest BCUT2D eigenvalue weighted by molar-refractivity contribution is 0.254. The van der Waals surface area contributed by atoms with Crippen LogP contribution < -0.4 is 4.74 Å². The van der Waals surface area contributed by atoms with Crippen molar-refractivity contribution in [1.82, 2.24) is 0 Å². The lowest BCUT2D eigenvalue weighted by Gasteiger charge is -2.09. The predicted molar refractivity (Wildman–Crippen MR) is 70.4 cm³/mol. The minimum Gasteiger partial charge on any atom is -0.490 e. The van der Waals surface area contributed by atoms with Crippen LogP contribution in [0.15, 0.2) is 42.5 Å². The van der Waals surface area contributed by atoms with Crippen LogP contribution in [-0.4, -0.2) is 6.10 Å². The van der Waals surface area contributed by atoms with E-state index in [1.807, 2.05) is 0 Å². The SMILES string of the molecule is Cc1ccccc1-c1cccc2c1CC(C)O2. The van der Waals surface area contributed by atoms with Crippen molar-refractivity contribution in [1.29, 1.82) is 0 Å². The molecule has 0 bridgehead atoms. The van der Waals surface area contributed by atoms with Gasteiger partial charge in [-0.15, -0.1) is 0 Å². The summed E-state index contributed by atoms with van der Waals surface area (Å²) in [6.07, 6.45) is 1.31. The molecule has 17 heavy (non-hydrogen) atoms. The molecule has 1 unspecified atom stereocenters. The molecule has 1 heterocycles. The summed E-state index contributed by atoms with van der Waals surface area (Å²) in [6, 6.07) is 14.9. The Kier molecular flexibility index (Phi) is 2.40. The molecule has 3 rings (SSSR count). The van der Waals surface area contributed by atoms with E-state index < -0.39 is 0 Å². The predicted octanol–water partition coefficient (Wildman–Crippen LogP) is 3.99. The molecule has 0 amide bonds. The summed E-state index contributed by atoms with van der Waals surface area (Å²) >= 11 is 0. The molecule has 0 saturated heterocycles. The zero-order valence-corrected chi connectivity index (χ0v) is 10.2. The molecule has 1 nitrogen and oxygen atoms in total. The fourth-order valence-corrected chi connectivity index (χ4v) is 2.56. The molecule has 2 aromatic rings. The zero-order chi connectivity index (χ0) is 11.8. The largest absolute Gasteiger partial charge is 0.490 e. The summed E-state index contributed by atoms with van der Waals surface area (Å²) in [5.74, 6) is 1.05. The first-order valence-corrected chi connectivity index (χ1v) is 6.10. The van der Waals surface area contributed by atoms with Crippen molar-refractivity contribution in [2.45, 2.75) is 26.4 Å². The van der Waals surface area contributed by atoms with E-state index in [0.717, 1.165) is 12.2 Å². The van der Waals surface area contributed by atoms with Gasteiger partial charge in [0.15, 0.2) is 0 Å². The van der Waals surface area contributed by atoms with E-state index in [4.69, 9.17) is 4.74 Å². The van der Waals surface area contributed by atoms with E-state index in [2.05, 4.69) is 56.3 Å². The Morgan fingerprint density at radius 2 is 1.76 bits per heavy atom. The standard InChI is InChI=1S/C16H16O/c1-11-6-3-4-7-13(11)14-8-5-9-16-15(14)10-12(2)17-16/h3-9,12H,10H2,1-2H3. The highest BCUT2D eigenvalue weighted by molar-refractivity contribution is 5.73. The van der Waals surface area contributed by atoms with Crippen LogP contribution in [0.4, 0.5) is 0 Å². The monoisotopic (exact) mass is 224 g/mol. The van der Waals surface area contributed by atoms with Gasteiger partial charge in [-0.3, -0.25) is 0 Å². The minimum atomic E-state index is 0.301. The number of ether oxygens (including phenoxy) is 1. The fraction of sp³-hybridized carbons (Fsp3) is 0.250. The van der Waals surface area contributed by atoms with Gasteiger partial charge in [0.1, 0.15) is 11.9 Å². The van der Waals surface area contributed by atoms with E-state index in [9.17, 15) is 0 Å². The first-order valence-electron chi connectivity index (χ1n) is 6.10. The first kappa shape index (κ1) is 10.4. The minimum absolute atomic E-state index is 0.301. The Bertz CT molecular complexity index is 557. The molecule has 1 aliphatic heterocycles. The third-order valence-electron chi connectivity index (χ3n) is 3.39. The number of benzene rings is 2. The van der Waals surface area contributed by atoms with Gasteiger partial charge in [-0.2, -0.15) is 0 Å². The van der Waals surface area contributed by atoms with Crippen LogP contribution in [-0.2, 0) is 6.42 Å². The molecule has 1 atom stereocenters. The van der Waals surface area contributed by atoms with E-state index >= 15 is 0 Å². The normalized spacial score (nSPS) is 17.6. The van der Waals surface area contributed by atoms with E-state index in [-0.39, 0.29) is 0 Å². The molecule has 0 spiro atoms. The average Bonchev–Trinajstić information content (AvgIpc) is 2.70. The van der Waals surface area contributed by atoms with Gasteiger partial charge in [0.05, 0.1) is 0 Å². The third kappa shape index (κ3) is 1.72. The maximum Gasteiger partial charge on any atom is 0.123 e. The van der Waals surface area contributed by atoms with Gasteiger partial charge in [0.25, 0.3) is 0 Å². The van der Waals surface area contributed by atoms with Gasteiger partial charge in [0.2, 0.25) is 0 Å². The Balaban J connectivity index is 2.18. The van der Waals surface area contributed by atoms with Crippen LogP contribution >= 0.6 is 0 Å². The number of hydrogen-bond acceptors (Lipinski definition) is 1. The lowest BCUT2D eigenvalue weighted by Crippen LogP contribution is -2.05. The van der Waals surface area contributed by atoms with Gasteiger partial charge < -0.3 is 4.74 Å². The number of rotatable bonds is 1. The summed E-state index contributed by atoms with van der Waals surface area (Å²) in [7, 11) is 0. The molecular formula is C16H16O. The lowest BCUT2D eigenvalue weighted by atomic mass is 9.94. The zero-order valence-electron chi connectivity index (χ0n) is 10.2. The Hall–Kier alpha value is -1.76. The number of hydrogen-bond donors (Lipinski definition) is 0. The summed E-state index contributed by atoms with van der Waals surface area (Å²) in [6.45, 7) is 4.29. The van der Waals surface area contributed by atoms with Crippen molar-refractivity contribution < 1.29 is 4.74 Å². The highest BCUT2D eigenvalue weighted by atomic mass is 16.5. The van der Waals surface area contributed by atoms with Crippen LogP contribution in [0.25, 0.3) is 11.1 Å². The van der Waals surface area contributed by atoms with Crippen molar-refractivity contribution >= 4 is 0 Å². The quantitative estimate of drug-likeness (QED) is 0.711. The molecule has 0 fully saturated rings. The molecule has 1 heteroatoms. The molecule has 0 aliphatic carbocycles. The summed E-state index contributed by atoms with van der Waals surface area (Å²) in [4.78, 5) is 0. The summed E-state index contributed by atoms with van der Waals surface area (Å²) in [5.41, 5.74) is 5.32. The second kappa shape index (κ2) is 3.92. The molecule has 86 valence electrons. The fourth-order valence-electron chi connectivity index (χ4n) is 2.56. The maximum absolute atomic E-state index is 5.81. The Labute approximate surface area is 102 Å². The van der Waals surface area contributed by atoms with Crippen LogP contribution in [0, 0.1) is 6.92 Å². The Morgan fingerprint density at radius 3 is 2.59 bits per heavy atom. The van der Waals surface area contributed by atoms with Gasteiger partial charge in [-0.25, -0.2) is 0 Å². The second-order valence-electron chi connectivity index (χ2n) is 4.73. The Morgan fingerprint density at radius 1 is 1.00 bits per heavy atom. The van der Waals surface area contributed by atoms with Crippen molar-refractivity contribution in [3.8, 4) is 16.9 Å². The van der Waals surface area contributed by atoms with Crippen LogP contribution in [0.5, 0.6) is 5.75 Å². The van der Waals surface area contributed by atoms with Gasteiger partial charge in [-0.05, 0) is 36.6 Å². The van der Waals surface area contributed by atoms with Crippen molar-refractivity contribution in [3.63, 3.8) is 0 Å². The third-order valence-corrected chi connectivity index (χ3v) is 3.39. The molecule has 0 aromatic heterocycles. The maximum atomic E-state index is 5.81. The van der Waals surface area contributed by atoms with E-state index in [1.54, 1.807) is 0 Å². The molecule has 1 aliphatic rings. The van der Waals surface area contributed by atoms with Gasteiger partial charge in [-0.1, -0.05) is 36.4 Å².